The zero-order valence-corrected chi connectivity index (χ0v) is 11.9. The van der Waals surface area contributed by atoms with Gasteiger partial charge in [0.05, 0.1) is 11.8 Å². The molecule has 1 unspecified atom stereocenters. The third-order valence-electron chi connectivity index (χ3n) is 3.58. The number of carboxylic acids is 1. The zero-order valence-electron chi connectivity index (χ0n) is 11.0. The van der Waals surface area contributed by atoms with Crippen LogP contribution in [0.4, 0.5) is 0 Å². The van der Waals surface area contributed by atoms with Gasteiger partial charge >= 0.3 is 5.97 Å². The van der Waals surface area contributed by atoms with Crippen LogP contribution in [0.5, 0.6) is 0 Å². The van der Waals surface area contributed by atoms with Crippen LogP contribution in [0.25, 0.3) is 0 Å². The highest BCUT2D eigenvalue weighted by molar-refractivity contribution is 7.99. The van der Waals surface area contributed by atoms with Gasteiger partial charge in [-0.3, -0.25) is 9.59 Å². The molecule has 19 heavy (non-hydrogen) atoms. The molecule has 2 fully saturated rings. The van der Waals surface area contributed by atoms with Crippen molar-refractivity contribution in [3.05, 3.63) is 0 Å². The van der Waals surface area contributed by atoms with Crippen molar-refractivity contribution in [2.24, 2.45) is 5.92 Å². The summed E-state index contributed by atoms with van der Waals surface area (Å²) in [4.78, 5) is 38.3. The average Bonchev–Trinajstić information content (AvgIpc) is 2.93. The normalized spacial score (nSPS) is 27.4. The highest BCUT2D eigenvalue weighted by Crippen LogP contribution is 2.27. The Morgan fingerprint density at radius 3 is 2.63 bits per heavy atom. The van der Waals surface area contributed by atoms with E-state index in [9.17, 15) is 14.4 Å². The van der Waals surface area contributed by atoms with E-state index in [0.29, 0.717) is 18.2 Å². The molecule has 0 aromatic heterocycles. The molecule has 2 heterocycles. The van der Waals surface area contributed by atoms with E-state index in [1.165, 1.54) is 16.7 Å². The molecular weight excluding hydrogens is 268 g/mol. The molecule has 2 rings (SSSR count). The van der Waals surface area contributed by atoms with Crippen molar-refractivity contribution in [1.29, 1.82) is 0 Å². The van der Waals surface area contributed by atoms with Crippen LogP contribution < -0.4 is 0 Å². The first kappa shape index (κ1) is 14.2. The number of thioether (sulfide) groups is 1. The molecule has 106 valence electrons. The van der Waals surface area contributed by atoms with Crippen molar-refractivity contribution in [3.63, 3.8) is 0 Å². The van der Waals surface area contributed by atoms with E-state index in [-0.39, 0.29) is 24.3 Å². The molecule has 0 aliphatic carbocycles. The lowest BCUT2D eigenvalue weighted by atomic mass is 10.1. The number of carbonyl (C=O) groups excluding carboxylic acids is 2. The number of carboxylic acid groups (broad SMARTS) is 1. The molecule has 7 heteroatoms. The second-order valence-corrected chi connectivity index (χ2v) is 6.20. The summed E-state index contributed by atoms with van der Waals surface area (Å²) in [6, 6.07) is -0.672. The van der Waals surface area contributed by atoms with E-state index in [1.54, 1.807) is 4.90 Å². The maximum Gasteiger partial charge on any atom is 0.327 e. The summed E-state index contributed by atoms with van der Waals surface area (Å²) in [6.45, 7) is 4.23. The molecule has 1 N–H and O–H groups in total. The maximum atomic E-state index is 12.3. The molecule has 0 saturated carbocycles. The van der Waals surface area contributed by atoms with Crippen LogP contribution in [0.15, 0.2) is 0 Å². The molecule has 2 amide bonds. The number of hydrogen-bond donors (Lipinski definition) is 1. The minimum Gasteiger partial charge on any atom is -0.480 e. The van der Waals surface area contributed by atoms with Crippen LogP contribution in [-0.2, 0) is 14.4 Å². The molecule has 0 radical (unpaired) electrons. The second-order valence-electron chi connectivity index (χ2n) is 5.20. The second kappa shape index (κ2) is 5.40. The highest BCUT2D eigenvalue weighted by atomic mass is 32.2. The van der Waals surface area contributed by atoms with Gasteiger partial charge in [-0.25, -0.2) is 4.79 Å². The Labute approximate surface area is 116 Å². The van der Waals surface area contributed by atoms with Gasteiger partial charge in [0.1, 0.15) is 6.04 Å². The van der Waals surface area contributed by atoms with Crippen LogP contribution in [0.3, 0.4) is 0 Å². The minimum absolute atomic E-state index is 0.0212. The van der Waals surface area contributed by atoms with E-state index >= 15 is 0 Å². The van der Waals surface area contributed by atoms with E-state index in [0.717, 1.165) is 0 Å². The molecule has 6 nitrogen and oxygen atoms in total. The number of aliphatic carboxylic acids is 1. The van der Waals surface area contributed by atoms with Gasteiger partial charge in [-0.05, 0) is 13.8 Å². The van der Waals surface area contributed by atoms with Crippen LogP contribution in [0.2, 0.25) is 0 Å². The number of nitrogens with zero attached hydrogens (tertiary/aromatic N) is 2. The molecule has 2 saturated heterocycles. The van der Waals surface area contributed by atoms with Crippen LogP contribution in [0.1, 0.15) is 20.3 Å². The first-order valence-electron chi connectivity index (χ1n) is 6.32. The predicted molar refractivity (Wildman–Crippen MR) is 70.6 cm³/mol. The molecule has 2 atom stereocenters. The van der Waals surface area contributed by atoms with Crippen LogP contribution in [-0.4, -0.2) is 62.9 Å². The largest absolute Gasteiger partial charge is 0.480 e. The lowest BCUT2D eigenvalue weighted by Gasteiger charge is -2.24. The summed E-state index contributed by atoms with van der Waals surface area (Å²) in [6.07, 6.45) is 0.199. The number of likely N-dealkylation sites (tertiary alicyclic amines) is 1. The Kier molecular flexibility index (Phi) is 4.03. The van der Waals surface area contributed by atoms with Crippen molar-refractivity contribution in [3.8, 4) is 0 Å². The molecule has 0 aromatic carbocycles. The summed E-state index contributed by atoms with van der Waals surface area (Å²) in [7, 11) is 0. The van der Waals surface area contributed by atoms with Gasteiger partial charge < -0.3 is 14.9 Å². The van der Waals surface area contributed by atoms with Crippen molar-refractivity contribution < 1.29 is 19.5 Å². The van der Waals surface area contributed by atoms with Gasteiger partial charge in [0, 0.05) is 24.8 Å². The third-order valence-corrected chi connectivity index (χ3v) is 4.59. The highest BCUT2D eigenvalue weighted by Gasteiger charge is 2.42. The number of amides is 2. The first-order chi connectivity index (χ1) is 8.91. The van der Waals surface area contributed by atoms with Crippen molar-refractivity contribution in [2.45, 2.75) is 32.4 Å². The summed E-state index contributed by atoms with van der Waals surface area (Å²) < 4.78 is 0. The fourth-order valence-electron chi connectivity index (χ4n) is 2.49. The zero-order chi connectivity index (χ0) is 14.2. The van der Waals surface area contributed by atoms with E-state index < -0.39 is 17.9 Å². The Hall–Kier alpha value is -1.24. The van der Waals surface area contributed by atoms with Gasteiger partial charge in [-0.15, -0.1) is 11.8 Å². The summed E-state index contributed by atoms with van der Waals surface area (Å²) in [5.41, 5.74) is 0. The summed E-state index contributed by atoms with van der Waals surface area (Å²) in [5.74, 6) is -0.752. The fraction of sp³-hybridized carbons (Fsp3) is 0.750. The predicted octanol–water partition coefficient (Wildman–Crippen LogP) is 0.229. The quantitative estimate of drug-likeness (QED) is 0.803. The van der Waals surface area contributed by atoms with Gasteiger partial charge in [0.25, 0.3) is 0 Å². The fourth-order valence-corrected chi connectivity index (χ4v) is 3.65. The molecule has 0 bridgehead atoms. The van der Waals surface area contributed by atoms with Crippen molar-refractivity contribution in [1.82, 2.24) is 9.80 Å². The molecule has 0 aromatic rings. The lowest BCUT2D eigenvalue weighted by molar-refractivity contribution is -0.149. The minimum atomic E-state index is -0.969. The standard InChI is InChI=1S/C12H18N2O4S/c1-7(2)13-4-8(3-10(13)15)11(16)14-6-19-5-9(14)12(17)18/h7-9H,3-6H2,1-2H3,(H,17,18)/t8?,9-/m0/s1. The van der Waals surface area contributed by atoms with Gasteiger partial charge in [-0.2, -0.15) is 0 Å². The monoisotopic (exact) mass is 286 g/mol. The van der Waals surface area contributed by atoms with Gasteiger partial charge in [0.15, 0.2) is 0 Å². The average molecular weight is 286 g/mol. The number of hydrogen-bond acceptors (Lipinski definition) is 4. The Morgan fingerprint density at radius 1 is 1.42 bits per heavy atom. The molecular formula is C12H18N2O4S. The summed E-state index contributed by atoms with van der Waals surface area (Å²) >= 11 is 1.44. The molecule has 2 aliphatic heterocycles. The van der Waals surface area contributed by atoms with Gasteiger partial charge in [-0.1, -0.05) is 0 Å². The van der Waals surface area contributed by atoms with Crippen molar-refractivity contribution >= 4 is 29.5 Å². The Balaban J connectivity index is 2.05. The third kappa shape index (κ3) is 2.70. The van der Waals surface area contributed by atoms with E-state index in [1.807, 2.05) is 13.8 Å². The van der Waals surface area contributed by atoms with Gasteiger partial charge in [0.2, 0.25) is 11.8 Å². The molecule has 2 aliphatic rings. The lowest BCUT2D eigenvalue weighted by Crippen LogP contribution is -2.45. The van der Waals surface area contributed by atoms with E-state index in [2.05, 4.69) is 0 Å². The van der Waals surface area contributed by atoms with Crippen LogP contribution in [0, 0.1) is 5.92 Å². The van der Waals surface area contributed by atoms with Crippen LogP contribution >= 0.6 is 11.8 Å². The Morgan fingerprint density at radius 2 is 2.11 bits per heavy atom. The molecule has 0 spiro atoms. The smallest absolute Gasteiger partial charge is 0.327 e. The Bertz CT molecular complexity index is 413. The number of rotatable bonds is 3. The first-order valence-corrected chi connectivity index (χ1v) is 7.47. The SMILES string of the molecule is CC(C)N1CC(C(=O)N2CSC[C@H]2C(=O)O)CC1=O. The number of carbonyl (C=O) groups is 3. The van der Waals surface area contributed by atoms with E-state index in [4.69, 9.17) is 5.11 Å². The summed E-state index contributed by atoms with van der Waals surface area (Å²) in [5, 5.41) is 9.08. The topological polar surface area (TPSA) is 77.9 Å². The maximum absolute atomic E-state index is 12.3. The van der Waals surface area contributed by atoms with Crippen molar-refractivity contribution in [2.75, 3.05) is 18.2 Å².